The molecule has 3 aromatic heterocycles. The van der Waals surface area contributed by atoms with Crippen LogP contribution in [0.4, 0.5) is 0 Å². The number of amides is 1. The van der Waals surface area contributed by atoms with Crippen molar-refractivity contribution < 1.29 is 4.79 Å². The van der Waals surface area contributed by atoms with Gasteiger partial charge in [0.15, 0.2) is 5.82 Å². The quantitative estimate of drug-likeness (QED) is 0.794. The Bertz CT molecular complexity index is 859. The van der Waals surface area contributed by atoms with Gasteiger partial charge in [-0.05, 0) is 31.4 Å². The second-order valence-electron chi connectivity index (χ2n) is 5.97. The first-order valence-corrected chi connectivity index (χ1v) is 8.37. The number of hydrogen-bond donors (Lipinski definition) is 1. The van der Waals surface area contributed by atoms with E-state index in [0.717, 1.165) is 37.1 Å². The monoisotopic (exact) mass is 334 g/mol. The average Bonchev–Trinajstić information content (AvgIpc) is 3.05. The van der Waals surface area contributed by atoms with Crippen LogP contribution >= 0.6 is 0 Å². The van der Waals surface area contributed by atoms with Gasteiger partial charge in [-0.3, -0.25) is 9.78 Å². The number of carbonyl (C=O) groups excluding carboxylic acids is 1. The summed E-state index contributed by atoms with van der Waals surface area (Å²) in [4.78, 5) is 29.8. The molecule has 0 bridgehead atoms. The van der Waals surface area contributed by atoms with Crippen LogP contribution in [0.3, 0.4) is 0 Å². The Balaban J connectivity index is 1.65. The summed E-state index contributed by atoms with van der Waals surface area (Å²) in [5.41, 5.74) is 1.50. The van der Waals surface area contributed by atoms with E-state index in [1.54, 1.807) is 24.8 Å². The molecule has 0 radical (unpaired) electrons. The highest BCUT2D eigenvalue weighted by Crippen LogP contribution is 2.25. The van der Waals surface area contributed by atoms with Gasteiger partial charge in [0.2, 0.25) is 5.91 Å². The first-order chi connectivity index (χ1) is 12.3. The molecule has 1 saturated heterocycles. The molecule has 0 aliphatic carbocycles. The molecule has 4 rings (SSSR count). The van der Waals surface area contributed by atoms with Crippen molar-refractivity contribution in [3.8, 4) is 22.9 Å². The Morgan fingerprint density at radius 2 is 1.92 bits per heavy atom. The van der Waals surface area contributed by atoms with E-state index in [1.165, 1.54) is 0 Å². The summed E-state index contributed by atoms with van der Waals surface area (Å²) in [6, 6.07) is 5.38. The molecule has 1 unspecified atom stereocenters. The molecule has 1 fully saturated rings. The number of nitrogens with zero attached hydrogens (tertiary/aromatic N) is 5. The van der Waals surface area contributed by atoms with Crippen LogP contribution in [0.25, 0.3) is 22.9 Å². The van der Waals surface area contributed by atoms with Gasteiger partial charge in [0.1, 0.15) is 17.6 Å². The minimum atomic E-state index is -0.240. The maximum absolute atomic E-state index is 12.3. The zero-order valence-corrected chi connectivity index (χ0v) is 13.7. The van der Waals surface area contributed by atoms with Gasteiger partial charge in [-0.2, -0.15) is 0 Å². The largest absolute Gasteiger partial charge is 0.354 e. The van der Waals surface area contributed by atoms with Crippen LogP contribution in [0.15, 0.2) is 49.2 Å². The number of hydrogen-bond acceptors (Lipinski definition) is 5. The molecule has 0 saturated carbocycles. The normalized spacial score (nSPS) is 17.8. The summed E-state index contributed by atoms with van der Waals surface area (Å²) in [6.07, 6.45) is 11.5. The molecular weight excluding hydrogens is 316 g/mol. The molecule has 4 heterocycles. The summed E-state index contributed by atoms with van der Waals surface area (Å²) < 4.78 is 1.92. The lowest BCUT2D eigenvalue weighted by molar-refractivity contribution is -0.124. The smallest absolute Gasteiger partial charge is 0.243 e. The number of pyridine rings is 1. The topological polar surface area (TPSA) is 85.6 Å². The number of nitrogens with one attached hydrogen (secondary N) is 1. The highest BCUT2D eigenvalue weighted by Gasteiger charge is 2.24. The molecule has 25 heavy (non-hydrogen) atoms. The van der Waals surface area contributed by atoms with E-state index in [1.807, 2.05) is 29.0 Å². The Morgan fingerprint density at radius 3 is 2.72 bits per heavy atom. The fourth-order valence-electron chi connectivity index (χ4n) is 3.05. The molecule has 0 aromatic carbocycles. The van der Waals surface area contributed by atoms with Crippen molar-refractivity contribution in [3.05, 3.63) is 49.2 Å². The second kappa shape index (κ2) is 6.80. The fourth-order valence-corrected chi connectivity index (χ4v) is 3.05. The minimum Gasteiger partial charge on any atom is -0.354 e. The number of imidazole rings is 1. The third kappa shape index (κ3) is 3.13. The van der Waals surface area contributed by atoms with Gasteiger partial charge in [-0.25, -0.2) is 15.0 Å². The first kappa shape index (κ1) is 15.4. The zero-order chi connectivity index (χ0) is 17.1. The highest BCUT2D eigenvalue weighted by molar-refractivity contribution is 5.81. The van der Waals surface area contributed by atoms with Crippen molar-refractivity contribution in [2.75, 3.05) is 6.54 Å². The molecule has 1 aliphatic rings. The van der Waals surface area contributed by atoms with Gasteiger partial charge in [0, 0.05) is 37.5 Å². The lowest BCUT2D eigenvalue weighted by Gasteiger charge is -2.17. The van der Waals surface area contributed by atoms with E-state index in [-0.39, 0.29) is 11.9 Å². The summed E-state index contributed by atoms with van der Waals surface area (Å²) in [7, 11) is 0. The Hall–Kier alpha value is -3.09. The van der Waals surface area contributed by atoms with Crippen LogP contribution in [-0.2, 0) is 4.79 Å². The molecule has 1 aliphatic heterocycles. The molecule has 1 amide bonds. The van der Waals surface area contributed by atoms with Crippen molar-refractivity contribution in [2.24, 2.45) is 0 Å². The minimum absolute atomic E-state index is 0.0442. The average molecular weight is 334 g/mol. The SMILES string of the molecule is O=C1NCCCCC1n1ccnc1-c1cnc(-c2ccccn2)nc1. The molecule has 7 nitrogen and oxygen atoms in total. The fraction of sp³-hybridized carbons (Fsp3) is 0.278. The molecule has 1 atom stereocenters. The van der Waals surface area contributed by atoms with Gasteiger partial charge in [-0.15, -0.1) is 0 Å². The molecule has 126 valence electrons. The van der Waals surface area contributed by atoms with Gasteiger partial charge in [0.05, 0.1) is 5.56 Å². The predicted molar refractivity (Wildman–Crippen MR) is 92.4 cm³/mol. The van der Waals surface area contributed by atoms with Crippen LogP contribution in [-0.4, -0.2) is 37.0 Å². The second-order valence-corrected chi connectivity index (χ2v) is 5.97. The zero-order valence-electron chi connectivity index (χ0n) is 13.7. The van der Waals surface area contributed by atoms with Gasteiger partial charge < -0.3 is 9.88 Å². The summed E-state index contributed by atoms with van der Waals surface area (Å²) >= 11 is 0. The standard InChI is InChI=1S/C18H18N6O/c25-18-15(6-2-4-8-21-18)24-10-9-20-17(24)13-11-22-16(23-12-13)14-5-1-3-7-19-14/h1,3,5,7,9-12,15H,2,4,6,8H2,(H,21,25). The molecular formula is C18H18N6O. The van der Waals surface area contributed by atoms with Crippen molar-refractivity contribution >= 4 is 5.91 Å². The van der Waals surface area contributed by atoms with Crippen molar-refractivity contribution in [1.82, 2.24) is 29.8 Å². The van der Waals surface area contributed by atoms with Gasteiger partial charge >= 0.3 is 0 Å². The lowest BCUT2D eigenvalue weighted by Crippen LogP contribution is -2.30. The van der Waals surface area contributed by atoms with Gasteiger partial charge in [0.25, 0.3) is 0 Å². The third-order valence-corrected chi connectivity index (χ3v) is 4.31. The first-order valence-electron chi connectivity index (χ1n) is 8.37. The summed E-state index contributed by atoms with van der Waals surface area (Å²) in [5.74, 6) is 1.31. The molecule has 1 N–H and O–H groups in total. The third-order valence-electron chi connectivity index (χ3n) is 4.31. The van der Waals surface area contributed by atoms with Crippen molar-refractivity contribution in [2.45, 2.75) is 25.3 Å². The van der Waals surface area contributed by atoms with Crippen molar-refractivity contribution in [1.29, 1.82) is 0 Å². The Morgan fingerprint density at radius 1 is 1.04 bits per heavy atom. The predicted octanol–water partition coefficient (Wildman–Crippen LogP) is 2.24. The Kier molecular flexibility index (Phi) is 4.20. The number of aromatic nitrogens is 5. The van der Waals surface area contributed by atoms with E-state index in [2.05, 4.69) is 25.3 Å². The van der Waals surface area contributed by atoms with E-state index >= 15 is 0 Å². The highest BCUT2D eigenvalue weighted by atomic mass is 16.2. The summed E-state index contributed by atoms with van der Waals surface area (Å²) in [5, 5.41) is 2.97. The molecule has 7 heteroatoms. The van der Waals surface area contributed by atoms with Crippen LogP contribution < -0.4 is 5.32 Å². The van der Waals surface area contributed by atoms with Crippen LogP contribution in [0.1, 0.15) is 25.3 Å². The summed E-state index contributed by atoms with van der Waals surface area (Å²) in [6.45, 7) is 0.737. The maximum atomic E-state index is 12.3. The number of carbonyl (C=O) groups is 1. The van der Waals surface area contributed by atoms with Crippen LogP contribution in [0.5, 0.6) is 0 Å². The van der Waals surface area contributed by atoms with E-state index in [9.17, 15) is 4.79 Å². The lowest BCUT2D eigenvalue weighted by atomic mass is 10.1. The van der Waals surface area contributed by atoms with E-state index < -0.39 is 0 Å². The van der Waals surface area contributed by atoms with E-state index in [0.29, 0.717) is 11.6 Å². The van der Waals surface area contributed by atoms with Crippen molar-refractivity contribution in [3.63, 3.8) is 0 Å². The van der Waals surface area contributed by atoms with Crippen LogP contribution in [0.2, 0.25) is 0 Å². The van der Waals surface area contributed by atoms with Gasteiger partial charge in [-0.1, -0.05) is 6.07 Å². The Labute approximate surface area is 145 Å². The maximum Gasteiger partial charge on any atom is 0.243 e. The number of rotatable bonds is 3. The molecule has 0 spiro atoms. The van der Waals surface area contributed by atoms with Crippen LogP contribution in [0, 0.1) is 0 Å². The molecule has 3 aromatic rings. The van der Waals surface area contributed by atoms with E-state index in [4.69, 9.17) is 0 Å².